The first-order valence-electron chi connectivity index (χ1n) is 4.70. The molecular formula is C10H17NO3S. The van der Waals surface area contributed by atoms with Crippen LogP contribution in [0.1, 0.15) is 27.2 Å². The van der Waals surface area contributed by atoms with Gasteiger partial charge in [-0.3, -0.25) is 9.59 Å². The van der Waals surface area contributed by atoms with Gasteiger partial charge in [-0.15, -0.1) is 0 Å². The van der Waals surface area contributed by atoms with Crippen molar-refractivity contribution in [2.45, 2.75) is 38.7 Å². The van der Waals surface area contributed by atoms with Crippen molar-refractivity contribution in [2.75, 3.05) is 0 Å². The molecule has 0 saturated heterocycles. The molecule has 0 rings (SSSR count). The van der Waals surface area contributed by atoms with Gasteiger partial charge in [0.1, 0.15) is 5.37 Å². The fourth-order valence-electron chi connectivity index (χ4n) is 0.835. The number of hydrogen-bond acceptors (Lipinski definition) is 4. The van der Waals surface area contributed by atoms with Gasteiger partial charge in [0.05, 0.1) is 6.10 Å². The molecule has 2 unspecified atom stereocenters. The number of carbonyl (C=O) groups is 2. The van der Waals surface area contributed by atoms with Crippen molar-refractivity contribution < 1.29 is 14.7 Å². The Bertz CT molecular complexity index is 265. The molecule has 0 heterocycles. The number of aliphatic hydroxyl groups is 1. The second-order valence-electron chi connectivity index (χ2n) is 3.28. The molecule has 2 atom stereocenters. The van der Waals surface area contributed by atoms with Crippen molar-refractivity contribution in [1.29, 1.82) is 0 Å². The zero-order chi connectivity index (χ0) is 12.0. The van der Waals surface area contributed by atoms with E-state index in [9.17, 15) is 14.7 Å². The lowest BCUT2D eigenvalue weighted by molar-refractivity contribution is -0.119. The van der Waals surface area contributed by atoms with Gasteiger partial charge in [-0.05, 0) is 18.9 Å². The van der Waals surface area contributed by atoms with Gasteiger partial charge < -0.3 is 10.4 Å². The van der Waals surface area contributed by atoms with E-state index >= 15 is 0 Å². The Morgan fingerprint density at radius 1 is 1.47 bits per heavy atom. The molecule has 0 spiro atoms. The number of nitrogens with one attached hydrogen (secondary N) is 1. The van der Waals surface area contributed by atoms with Crippen molar-refractivity contribution in [1.82, 2.24) is 5.32 Å². The zero-order valence-corrected chi connectivity index (χ0v) is 10.1. The van der Waals surface area contributed by atoms with Crippen molar-refractivity contribution >= 4 is 22.8 Å². The molecule has 0 aliphatic heterocycles. The quantitative estimate of drug-likeness (QED) is 0.548. The summed E-state index contributed by atoms with van der Waals surface area (Å²) in [4.78, 5) is 22.2. The van der Waals surface area contributed by atoms with Crippen LogP contribution in [0.25, 0.3) is 0 Å². The monoisotopic (exact) mass is 231 g/mol. The van der Waals surface area contributed by atoms with Crippen molar-refractivity contribution in [3.8, 4) is 0 Å². The number of thioether (sulfide) groups is 1. The highest BCUT2D eigenvalue weighted by Crippen LogP contribution is 2.18. The molecule has 2 N–H and O–H groups in total. The summed E-state index contributed by atoms with van der Waals surface area (Å²) in [7, 11) is 0. The Balaban J connectivity index is 4.43. The molecule has 1 amide bonds. The number of aliphatic hydroxyl groups excluding tert-OH is 1. The highest BCUT2D eigenvalue weighted by molar-refractivity contribution is 8.14. The summed E-state index contributed by atoms with van der Waals surface area (Å²) in [5.74, 6) is -0.269. The summed E-state index contributed by atoms with van der Waals surface area (Å²) < 4.78 is 0. The van der Waals surface area contributed by atoms with Gasteiger partial charge in [0.2, 0.25) is 11.0 Å². The fraction of sp³-hybridized carbons (Fsp3) is 0.600. The van der Waals surface area contributed by atoms with Gasteiger partial charge in [-0.1, -0.05) is 25.3 Å². The van der Waals surface area contributed by atoms with Crippen LogP contribution >= 0.6 is 11.8 Å². The second-order valence-corrected chi connectivity index (χ2v) is 4.40. The molecule has 0 fully saturated rings. The van der Waals surface area contributed by atoms with Gasteiger partial charge >= 0.3 is 0 Å². The van der Waals surface area contributed by atoms with Crippen LogP contribution in [0.3, 0.4) is 0 Å². The molecule has 15 heavy (non-hydrogen) atoms. The van der Waals surface area contributed by atoms with Crippen LogP contribution in [0.2, 0.25) is 0 Å². The molecule has 0 aromatic carbocycles. The van der Waals surface area contributed by atoms with E-state index in [1.807, 2.05) is 0 Å². The normalized spacial score (nSPS) is 14.1. The minimum atomic E-state index is -0.734. The third-order valence-electron chi connectivity index (χ3n) is 1.70. The molecule has 0 aromatic rings. The van der Waals surface area contributed by atoms with Crippen LogP contribution in [0, 0.1) is 0 Å². The van der Waals surface area contributed by atoms with E-state index in [0.29, 0.717) is 12.0 Å². The Labute approximate surface area is 94.1 Å². The maximum atomic E-state index is 11.4. The van der Waals surface area contributed by atoms with E-state index in [1.54, 1.807) is 13.8 Å². The Morgan fingerprint density at radius 2 is 2.00 bits per heavy atom. The zero-order valence-electron chi connectivity index (χ0n) is 9.24. The fourth-order valence-corrected chi connectivity index (χ4v) is 1.84. The lowest BCUT2D eigenvalue weighted by Gasteiger charge is -2.21. The minimum Gasteiger partial charge on any atom is -0.390 e. The standard InChI is InChI=1S/C10H17NO3S/c1-5-8(13)9(11-7(4)12)15-10(14)6(2)3/h8-9,13H,2,5H2,1,3-4H3,(H,11,12). The lowest BCUT2D eigenvalue weighted by Crippen LogP contribution is -2.40. The number of amides is 1. The van der Waals surface area contributed by atoms with E-state index in [0.717, 1.165) is 11.8 Å². The Kier molecular flexibility index (Phi) is 6.27. The van der Waals surface area contributed by atoms with E-state index in [2.05, 4.69) is 11.9 Å². The molecule has 5 heteroatoms. The molecule has 0 bridgehead atoms. The second kappa shape index (κ2) is 6.63. The number of hydrogen-bond donors (Lipinski definition) is 2. The third kappa shape index (κ3) is 5.59. The van der Waals surface area contributed by atoms with E-state index in [1.165, 1.54) is 6.92 Å². The van der Waals surface area contributed by atoms with Crippen LogP contribution in [0.4, 0.5) is 0 Å². The lowest BCUT2D eigenvalue weighted by atomic mass is 10.3. The summed E-state index contributed by atoms with van der Waals surface area (Å²) in [5.41, 5.74) is 0.402. The Hall–Kier alpha value is -0.810. The molecule has 0 aliphatic carbocycles. The first kappa shape index (κ1) is 14.2. The Morgan fingerprint density at radius 3 is 2.33 bits per heavy atom. The number of rotatable bonds is 5. The van der Waals surface area contributed by atoms with E-state index in [4.69, 9.17) is 0 Å². The van der Waals surface area contributed by atoms with Crippen molar-refractivity contribution in [3.63, 3.8) is 0 Å². The smallest absolute Gasteiger partial charge is 0.217 e. The van der Waals surface area contributed by atoms with Gasteiger partial charge in [-0.2, -0.15) is 0 Å². The largest absolute Gasteiger partial charge is 0.390 e. The van der Waals surface area contributed by atoms with Crippen molar-refractivity contribution in [3.05, 3.63) is 12.2 Å². The van der Waals surface area contributed by atoms with Gasteiger partial charge in [0.25, 0.3) is 0 Å². The maximum absolute atomic E-state index is 11.4. The maximum Gasteiger partial charge on any atom is 0.217 e. The number of carbonyl (C=O) groups excluding carboxylic acids is 2. The molecule has 0 saturated carbocycles. The van der Waals surface area contributed by atoms with Gasteiger partial charge in [0.15, 0.2) is 0 Å². The third-order valence-corrected chi connectivity index (χ3v) is 2.94. The summed E-state index contributed by atoms with van der Waals surface area (Å²) in [6.45, 7) is 8.23. The first-order valence-corrected chi connectivity index (χ1v) is 5.58. The summed E-state index contributed by atoms with van der Waals surface area (Å²) in [6, 6.07) is 0. The summed E-state index contributed by atoms with van der Waals surface area (Å²) in [6.07, 6.45) is -0.260. The van der Waals surface area contributed by atoms with Gasteiger partial charge in [-0.25, -0.2) is 0 Å². The minimum absolute atomic E-state index is 0.221. The van der Waals surface area contributed by atoms with Crippen molar-refractivity contribution in [2.24, 2.45) is 0 Å². The van der Waals surface area contributed by atoms with Crippen LogP contribution in [0.5, 0.6) is 0 Å². The van der Waals surface area contributed by atoms with Crippen LogP contribution < -0.4 is 5.32 Å². The summed E-state index contributed by atoms with van der Waals surface area (Å²) in [5, 5.41) is 11.3. The summed E-state index contributed by atoms with van der Waals surface area (Å²) >= 11 is 0.893. The highest BCUT2D eigenvalue weighted by atomic mass is 32.2. The molecule has 86 valence electrons. The highest BCUT2D eigenvalue weighted by Gasteiger charge is 2.22. The van der Waals surface area contributed by atoms with Crippen LogP contribution in [-0.4, -0.2) is 27.6 Å². The van der Waals surface area contributed by atoms with Gasteiger partial charge in [0, 0.05) is 6.92 Å². The van der Waals surface area contributed by atoms with E-state index in [-0.39, 0.29) is 11.0 Å². The van der Waals surface area contributed by atoms with E-state index < -0.39 is 11.5 Å². The molecule has 0 radical (unpaired) electrons. The average molecular weight is 231 g/mol. The molecular weight excluding hydrogens is 214 g/mol. The predicted molar refractivity (Wildman–Crippen MR) is 61.3 cm³/mol. The predicted octanol–water partition coefficient (Wildman–Crippen LogP) is 1.06. The molecule has 4 nitrogen and oxygen atoms in total. The topological polar surface area (TPSA) is 66.4 Å². The molecule has 0 aromatic heterocycles. The molecule has 0 aliphatic rings. The first-order chi connectivity index (χ1) is 6.88. The average Bonchev–Trinajstić information content (AvgIpc) is 2.14. The van der Waals surface area contributed by atoms with Crippen LogP contribution in [0.15, 0.2) is 12.2 Å². The SMILES string of the molecule is C=C(C)C(=O)SC(NC(C)=O)C(O)CC. The van der Waals surface area contributed by atoms with Crippen LogP contribution in [-0.2, 0) is 9.59 Å².